The van der Waals surface area contributed by atoms with E-state index in [9.17, 15) is 24.3 Å². The molecule has 1 aromatic carbocycles. The van der Waals surface area contributed by atoms with Gasteiger partial charge in [-0.3, -0.25) is 19.2 Å². The van der Waals surface area contributed by atoms with Crippen LogP contribution in [0.2, 0.25) is 0 Å². The minimum absolute atomic E-state index is 0.141. The molecule has 1 aliphatic heterocycles. The second-order valence-corrected chi connectivity index (χ2v) is 12.1. The standard InChI is InChI=1S/C31H42N4O6/c1-19(33-29(39)23-11-13-24(36)14-12-23)28(38)35-26(16-21-7-9-22(17-32)10-8-21)30(40)34-25(15-20-5-3-4-6-20)27(37)31(2)18-41-31/h7-10,19-20,23-26,36H,3-6,11-16,18H2,1-2H3,(H,33,39)(H,34,40)(H,35,38). The maximum absolute atomic E-state index is 13.7. The van der Waals surface area contributed by atoms with Crippen molar-refractivity contribution in [3.05, 3.63) is 35.4 Å². The van der Waals surface area contributed by atoms with E-state index in [1.165, 1.54) is 0 Å². The molecule has 10 heteroatoms. The van der Waals surface area contributed by atoms with E-state index in [4.69, 9.17) is 10.00 Å². The number of aliphatic hydroxyl groups is 1. The smallest absolute Gasteiger partial charge is 0.243 e. The van der Waals surface area contributed by atoms with E-state index < -0.39 is 35.5 Å². The number of rotatable bonds is 12. The summed E-state index contributed by atoms with van der Waals surface area (Å²) in [6.45, 7) is 3.63. The molecule has 0 radical (unpaired) electrons. The van der Waals surface area contributed by atoms with Crippen LogP contribution in [0.25, 0.3) is 0 Å². The van der Waals surface area contributed by atoms with Crippen LogP contribution in [0.5, 0.6) is 0 Å². The SMILES string of the molecule is CC(NC(=O)C1CCC(O)CC1)C(=O)NC(Cc1ccc(C#N)cc1)C(=O)NC(CC1CCCC1)C(=O)C1(C)CO1. The van der Waals surface area contributed by atoms with Gasteiger partial charge in [-0.1, -0.05) is 37.8 Å². The molecule has 4 rings (SSSR count). The first-order valence-electron chi connectivity index (χ1n) is 14.8. The van der Waals surface area contributed by atoms with E-state index in [1.807, 2.05) is 0 Å². The molecule has 1 heterocycles. The number of epoxide rings is 1. The van der Waals surface area contributed by atoms with Crippen LogP contribution in [0.1, 0.15) is 82.8 Å². The number of ketones is 1. The average Bonchev–Trinajstić information content (AvgIpc) is 3.50. The number of carbonyl (C=O) groups excluding carboxylic acids is 4. The van der Waals surface area contributed by atoms with Crippen LogP contribution in [0.3, 0.4) is 0 Å². The van der Waals surface area contributed by atoms with E-state index in [2.05, 4.69) is 22.0 Å². The Morgan fingerprint density at radius 1 is 0.976 bits per heavy atom. The molecular weight excluding hydrogens is 524 g/mol. The fraction of sp³-hybridized carbons (Fsp3) is 0.645. The monoisotopic (exact) mass is 566 g/mol. The van der Waals surface area contributed by atoms with E-state index in [0.717, 1.165) is 31.2 Å². The zero-order valence-corrected chi connectivity index (χ0v) is 24.0. The number of ether oxygens (including phenoxy) is 1. The van der Waals surface area contributed by atoms with Gasteiger partial charge in [0.1, 0.15) is 17.7 Å². The largest absolute Gasteiger partial charge is 0.393 e. The Morgan fingerprint density at radius 3 is 2.17 bits per heavy atom. The third kappa shape index (κ3) is 8.37. The van der Waals surface area contributed by atoms with Gasteiger partial charge in [0.15, 0.2) is 5.78 Å². The Labute approximate surface area is 241 Å². The van der Waals surface area contributed by atoms with Gasteiger partial charge in [0.05, 0.1) is 30.4 Å². The molecule has 4 N–H and O–H groups in total. The molecule has 41 heavy (non-hydrogen) atoms. The Bertz CT molecular complexity index is 1140. The number of hydrogen-bond acceptors (Lipinski definition) is 7. The van der Waals surface area contributed by atoms with Crippen LogP contribution in [0.4, 0.5) is 0 Å². The van der Waals surface area contributed by atoms with Crippen molar-refractivity contribution in [3.8, 4) is 6.07 Å². The highest BCUT2D eigenvalue weighted by atomic mass is 16.6. The highest BCUT2D eigenvalue weighted by Crippen LogP contribution is 2.33. The van der Waals surface area contributed by atoms with E-state index in [0.29, 0.717) is 50.2 Å². The first kappa shape index (κ1) is 30.7. The van der Waals surface area contributed by atoms with Crippen LogP contribution in [0, 0.1) is 23.2 Å². The summed E-state index contributed by atoms with van der Waals surface area (Å²) >= 11 is 0. The van der Waals surface area contributed by atoms with Crippen molar-refractivity contribution in [3.63, 3.8) is 0 Å². The molecule has 3 amide bonds. The zero-order chi connectivity index (χ0) is 29.6. The number of nitrogens with one attached hydrogen (secondary N) is 3. The van der Waals surface area contributed by atoms with Gasteiger partial charge in [0.25, 0.3) is 0 Å². The summed E-state index contributed by atoms with van der Waals surface area (Å²) in [5, 5.41) is 27.3. The van der Waals surface area contributed by atoms with E-state index >= 15 is 0 Å². The van der Waals surface area contributed by atoms with Crippen molar-refractivity contribution >= 4 is 23.5 Å². The number of hydrogen-bond donors (Lipinski definition) is 4. The van der Waals surface area contributed by atoms with Gasteiger partial charge < -0.3 is 25.8 Å². The molecule has 4 unspecified atom stereocenters. The van der Waals surface area contributed by atoms with Crippen molar-refractivity contribution in [1.29, 1.82) is 5.26 Å². The van der Waals surface area contributed by atoms with E-state index in [-0.39, 0.29) is 30.1 Å². The normalized spacial score (nSPS) is 26.2. The fourth-order valence-corrected chi connectivity index (χ4v) is 5.89. The molecule has 0 bridgehead atoms. The Hall–Kier alpha value is -3.29. The topological polar surface area (TPSA) is 161 Å². The average molecular weight is 567 g/mol. The summed E-state index contributed by atoms with van der Waals surface area (Å²) in [5.41, 5.74) is 0.319. The van der Waals surface area contributed by atoms with E-state index in [1.54, 1.807) is 38.1 Å². The second kappa shape index (κ2) is 13.6. The first-order valence-corrected chi connectivity index (χ1v) is 14.8. The summed E-state index contributed by atoms with van der Waals surface area (Å²) < 4.78 is 5.40. The molecule has 0 spiro atoms. The van der Waals surface area contributed by atoms with Gasteiger partial charge in [-0.15, -0.1) is 0 Å². The minimum atomic E-state index is -1.01. The zero-order valence-electron chi connectivity index (χ0n) is 24.0. The van der Waals surface area contributed by atoms with Gasteiger partial charge in [0.2, 0.25) is 17.7 Å². The van der Waals surface area contributed by atoms with Crippen LogP contribution in [0.15, 0.2) is 24.3 Å². The Morgan fingerprint density at radius 2 is 1.59 bits per heavy atom. The minimum Gasteiger partial charge on any atom is -0.393 e. The number of carbonyl (C=O) groups is 4. The lowest BCUT2D eigenvalue weighted by Gasteiger charge is -2.28. The predicted octanol–water partition coefficient (Wildman–Crippen LogP) is 2.06. The fourth-order valence-electron chi connectivity index (χ4n) is 5.89. The van der Waals surface area contributed by atoms with Gasteiger partial charge in [-0.05, 0) is 69.6 Å². The number of aliphatic hydroxyl groups excluding tert-OH is 1. The molecule has 3 aliphatic rings. The maximum Gasteiger partial charge on any atom is 0.243 e. The van der Waals surface area contributed by atoms with Gasteiger partial charge in [-0.25, -0.2) is 0 Å². The number of nitrogens with zero attached hydrogens (tertiary/aromatic N) is 1. The maximum atomic E-state index is 13.7. The van der Waals surface area contributed by atoms with Crippen LogP contribution >= 0.6 is 0 Å². The molecule has 1 saturated heterocycles. The van der Waals surface area contributed by atoms with Crippen molar-refractivity contribution in [1.82, 2.24) is 16.0 Å². The molecule has 10 nitrogen and oxygen atoms in total. The predicted molar refractivity (Wildman–Crippen MR) is 150 cm³/mol. The Balaban J connectivity index is 1.45. The number of Topliss-reactive ketones (excluding diaryl/α,β-unsaturated/α-hetero) is 1. The third-order valence-electron chi connectivity index (χ3n) is 8.75. The lowest BCUT2D eigenvalue weighted by molar-refractivity contribution is -0.135. The first-order chi connectivity index (χ1) is 19.6. The van der Waals surface area contributed by atoms with Gasteiger partial charge in [-0.2, -0.15) is 5.26 Å². The summed E-state index contributed by atoms with van der Waals surface area (Å²) in [5.74, 6) is -1.32. The summed E-state index contributed by atoms with van der Waals surface area (Å²) in [6.07, 6.45) is 6.75. The van der Waals surface area contributed by atoms with Crippen molar-refractivity contribution in [2.45, 2.75) is 108 Å². The molecule has 1 aromatic rings. The highest BCUT2D eigenvalue weighted by molar-refractivity contribution is 5.98. The van der Waals surface area contributed by atoms with Crippen molar-refractivity contribution < 1.29 is 29.0 Å². The van der Waals surface area contributed by atoms with Crippen LogP contribution in [-0.4, -0.2) is 65.0 Å². The highest BCUT2D eigenvalue weighted by Gasteiger charge is 2.50. The molecule has 2 saturated carbocycles. The summed E-state index contributed by atoms with van der Waals surface area (Å²) in [7, 11) is 0. The molecule has 2 aliphatic carbocycles. The number of amides is 3. The summed E-state index contributed by atoms with van der Waals surface area (Å²) in [6, 6.07) is 6.20. The quantitative estimate of drug-likeness (QED) is 0.282. The van der Waals surface area contributed by atoms with Crippen LogP contribution < -0.4 is 16.0 Å². The van der Waals surface area contributed by atoms with Crippen molar-refractivity contribution in [2.24, 2.45) is 11.8 Å². The second-order valence-electron chi connectivity index (χ2n) is 12.1. The molecule has 3 fully saturated rings. The van der Waals surface area contributed by atoms with Crippen LogP contribution in [-0.2, 0) is 30.3 Å². The third-order valence-corrected chi connectivity index (χ3v) is 8.75. The lowest BCUT2D eigenvalue weighted by Crippen LogP contribution is -2.57. The molecular formula is C31H42N4O6. The number of benzene rings is 1. The van der Waals surface area contributed by atoms with Crippen molar-refractivity contribution in [2.75, 3.05) is 6.61 Å². The molecule has 222 valence electrons. The number of nitriles is 1. The lowest BCUT2D eigenvalue weighted by atomic mass is 9.87. The molecule has 0 aromatic heterocycles. The Kier molecular flexibility index (Phi) is 10.2. The van der Waals surface area contributed by atoms with Gasteiger partial charge in [0, 0.05) is 12.3 Å². The van der Waals surface area contributed by atoms with Gasteiger partial charge >= 0.3 is 0 Å². The molecule has 4 atom stereocenters. The summed E-state index contributed by atoms with van der Waals surface area (Å²) in [4.78, 5) is 52.9.